The molecule has 1 unspecified atom stereocenters. The highest BCUT2D eigenvalue weighted by Gasteiger charge is 2.15. The van der Waals surface area contributed by atoms with Crippen molar-refractivity contribution in [3.63, 3.8) is 0 Å². The molecule has 1 aromatic heterocycles. The Morgan fingerprint density at radius 1 is 1.35 bits per heavy atom. The normalized spacial score (nSPS) is 12.2. The van der Waals surface area contributed by atoms with Crippen molar-refractivity contribution in [1.82, 2.24) is 5.32 Å². The maximum Gasteiger partial charge on any atom is 0.252 e. The predicted molar refractivity (Wildman–Crippen MR) is 82.8 cm³/mol. The quantitative estimate of drug-likeness (QED) is 0.895. The van der Waals surface area contributed by atoms with Gasteiger partial charge in [-0.1, -0.05) is 35.3 Å². The van der Waals surface area contributed by atoms with Crippen LogP contribution in [0.1, 0.15) is 26.9 Å². The molecule has 1 amide bonds. The Kier molecular flexibility index (Phi) is 5.05. The van der Waals surface area contributed by atoms with E-state index >= 15 is 0 Å². The van der Waals surface area contributed by atoms with Gasteiger partial charge in [-0.2, -0.15) is 0 Å². The molecule has 6 heteroatoms. The SMILES string of the molecule is Cc1cccc(C(=O)NCC(O)c2ccc(Cl)s2)c1Cl. The Morgan fingerprint density at radius 2 is 2.10 bits per heavy atom. The summed E-state index contributed by atoms with van der Waals surface area (Å²) >= 11 is 13.2. The Balaban J connectivity index is 2.00. The Morgan fingerprint density at radius 3 is 2.75 bits per heavy atom. The van der Waals surface area contributed by atoms with Crippen LogP contribution in [0.25, 0.3) is 0 Å². The first-order valence-electron chi connectivity index (χ1n) is 5.95. The molecule has 0 spiro atoms. The summed E-state index contributed by atoms with van der Waals surface area (Å²) in [6, 6.07) is 8.71. The number of hydrogen-bond donors (Lipinski definition) is 2. The lowest BCUT2D eigenvalue weighted by molar-refractivity contribution is 0.0918. The molecule has 2 rings (SSSR count). The fraction of sp³-hybridized carbons (Fsp3) is 0.214. The van der Waals surface area contributed by atoms with E-state index < -0.39 is 6.10 Å². The summed E-state index contributed by atoms with van der Waals surface area (Å²) in [4.78, 5) is 12.7. The lowest BCUT2D eigenvalue weighted by atomic mass is 10.1. The molecule has 1 heterocycles. The molecule has 0 aliphatic heterocycles. The molecule has 0 saturated carbocycles. The highest BCUT2D eigenvalue weighted by Crippen LogP contribution is 2.26. The summed E-state index contributed by atoms with van der Waals surface area (Å²) in [6.07, 6.45) is -0.778. The van der Waals surface area contributed by atoms with Gasteiger partial charge in [-0.3, -0.25) is 4.79 Å². The molecule has 3 nitrogen and oxygen atoms in total. The first kappa shape index (κ1) is 15.3. The average molecular weight is 330 g/mol. The topological polar surface area (TPSA) is 49.3 Å². The molecule has 0 fully saturated rings. The number of rotatable bonds is 4. The molecule has 0 aliphatic carbocycles. The van der Waals surface area contributed by atoms with Crippen LogP contribution in [0.2, 0.25) is 9.36 Å². The zero-order chi connectivity index (χ0) is 14.7. The van der Waals surface area contributed by atoms with Gasteiger partial charge in [0.25, 0.3) is 5.91 Å². The summed E-state index contributed by atoms with van der Waals surface area (Å²) in [5, 5.41) is 13.1. The van der Waals surface area contributed by atoms with Gasteiger partial charge in [-0.05, 0) is 30.7 Å². The minimum atomic E-state index is -0.778. The van der Waals surface area contributed by atoms with Crippen LogP contribution in [-0.2, 0) is 0 Å². The smallest absolute Gasteiger partial charge is 0.252 e. The average Bonchev–Trinajstić information content (AvgIpc) is 2.85. The van der Waals surface area contributed by atoms with E-state index in [9.17, 15) is 9.90 Å². The fourth-order valence-electron chi connectivity index (χ4n) is 1.72. The molecule has 0 bridgehead atoms. The number of aryl methyl sites for hydroxylation is 1. The van der Waals surface area contributed by atoms with Crippen LogP contribution in [0.4, 0.5) is 0 Å². The second kappa shape index (κ2) is 6.59. The van der Waals surface area contributed by atoms with Gasteiger partial charge in [0, 0.05) is 11.4 Å². The largest absolute Gasteiger partial charge is 0.386 e. The van der Waals surface area contributed by atoms with E-state index in [2.05, 4.69) is 5.32 Å². The van der Waals surface area contributed by atoms with E-state index in [0.29, 0.717) is 19.8 Å². The third-order valence-corrected chi connectivity index (χ3v) is 4.65. The summed E-state index contributed by atoms with van der Waals surface area (Å²) in [5.41, 5.74) is 1.24. The summed E-state index contributed by atoms with van der Waals surface area (Å²) in [6.45, 7) is 1.95. The lowest BCUT2D eigenvalue weighted by Gasteiger charge is -2.11. The monoisotopic (exact) mass is 329 g/mol. The number of aliphatic hydroxyl groups is 1. The Bertz CT molecular complexity index is 627. The third kappa shape index (κ3) is 3.52. The van der Waals surface area contributed by atoms with Crippen molar-refractivity contribution >= 4 is 40.4 Å². The molecular weight excluding hydrogens is 317 g/mol. The van der Waals surface area contributed by atoms with Gasteiger partial charge in [0.05, 0.1) is 14.9 Å². The van der Waals surface area contributed by atoms with Gasteiger partial charge in [0.1, 0.15) is 6.10 Å². The summed E-state index contributed by atoms with van der Waals surface area (Å²) in [5.74, 6) is -0.305. The van der Waals surface area contributed by atoms with Crippen molar-refractivity contribution in [3.8, 4) is 0 Å². The number of hydrogen-bond acceptors (Lipinski definition) is 3. The van der Waals surface area contributed by atoms with E-state index in [4.69, 9.17) is 23.2 Å². The predicted octanol–water partition coefficient (Wildman–Crippen LogP) is 3.83. The van der Waals surface area contributed by atoms with Crippen LogP contribution in [0.3, 0.4) is 0 Å². The molecule has 1 atom stereocenters. The highest BCUT2D eigenvalue weighted by molar-refractivity contribution is 7.16. The second-order valence-corrected chi connectivity index (χ2v) is 6.43. The number of thiophene rings is 1. The van der Waals surface area contributed by atoms with Crippen molar-refractivity contribution in [2.75, 3.05) is 6.54 Å². The van der Waals surface area contributed by atoms with Crippen molar-refractivity contribution in [3.05, 3.63) is 55.7 Å². The second-order valence-electron chi connectivity index (χ2n) is 4.30. The van der Waals surface area contributed by atoms with Gasteiger partial charge < -0.3 is 10.4 Å². The first-order chi connectivity index (χ1) is 9.49. The molecule has 106 valence electrons. The van der Waals surface area contributed by atoms with E-state index in [1.807, 2.05) is 13.0 Å². The third-order valence-electron chi connectivity index (χ3n) is 2.81. The molecule has 20 heavy (non-hydrogen) atoms. The number of nitrogens with one attached hydrogen (secondary N) is 1. The van der Waals surface area contributed by atoms with Gasteiger partial charge in [-0.25, -0.2) is 0 Å². The highest BCUT2D eigenvalue weighted by atomic mass is 35.5. The molecule has 2 N–H and O–H groups in total. The molecule has 0 saturated heterocycles. The van der Waals surface area contributed by atoms with Crippen molar-refractivity contribution < 1.29 is 9.90 Å². The fourth-order valence-corrected chi connectivity index (χ4v) is 2.97. The number of aliphatic hydroxyl groups excluding tert-OH is 1. The number of carbonyl (C=O) groups excluding carboxylic acids is 1. The van der Waals surface area contributed by atoms with E-state index in [0.717, 1.165) is 5.56 Å². The number of benzene rings is 1. The standard InChI is InChI=1S/C14H13Cl2NO2S/c1-8-3-2-4-9(13(8)16)14(19)17-7-10(18)11-5-6-12(15)20-11/h2-6,10,18H,7H2,1H3,(H,17,19). The van der Waals surface area contributed by atoms with E-state index in [1.54, 1.807) is 24.3 Å². The van der Waals surface area contributed by atoms with Gasteiger partial charge in [0.2, 0.25) is 0 Å². The molecule has 2 aromatic rings. The number of halogens is 2. The van der Waals surface area contributed by atoms with Gasteiger partial charge >= 0.3 is 0 Å². The Labute approximate surface area is 131 Å². The van der Waals surface area contributed by atoms with Crippen LogP contribution in [-0.4, -0.2) is 17.6 Å². The van der Waals surface area contributed by atoms with Crippen molar-refractivity contribution in [1.29, 1.82) is 0 Å². The van der Waals surface area contributed by atoms with E-state index in [1.165, 1.54) is 11.3 Å². The van der Waals surface area contributed by atoms with Crippen LogP contribution < -0.4 is 5.32 Å². The number of carbonyl (C=O) groups is 1. The maximum absolute atomic E-state index is 12.0. The van der Waals surface area contributed by atoms with Gasteiger partial charge in [0.15, 0.2) is 0 Å². The zero-order valence-electron chi connectivity index (χ0n) is 10.7. The maximum atomic E-state index is 12.0. The molecule has 1 aromatic carbocycles. The number of amides is 1. The molecule has 0 radical (unpaired) electrons. The van der Waals surface area contributed by atoms with E-state index in [-0.39, 0.29) is 12.5 Å². The summed E-state index contributed by atoms with van der Waals surface area (Å²) < 4.78 is 0.604. The van der Waals surface area contributed by atoms with Crippen molar-refractivity contribution in [2.45, 2.75) is 13.0 Å². The van der Waals surface area contributed by atoms with Crippen LogP contribution >= 0.6 is 34.5 Å². The zero-order valence-corrected chi connectivity index (χ0v) is 13.0. The van der Waals surface area contributed by atoms with Crippen molar-refractivity contribution in [2.24, 2.45) is 0 Å². The van der Waals surface area contributed by atoms with Crippen LogP contribution in [0.5, 0.6) is 0 Å². The summed E-state index contributed by atoms with van der Waals surface area (Å²) in [7, 11) is 0. The minimum Gasteiger partial charge on any atom is -0.386 e. The van der Waals surface area contributed by atoms with Crippen LogP contribution in [0.15, 0.2) is 30.3 Å². The lowest BCUT2D eigenvalue weighted by Crippen LogP contribution is -2.28. The first-order valence-corrected chi connectivity index (χ1v) is 7.53. The molecular formula is C14H13Cl2NO2S. The van der Waals surface area contributed by atoms with Crippen LogP contribution in [0, 0.1) is 6.92 Å². The van der Waals surface area contributed by atoms with Gasteiger partial charge in [-0.15, -0.1) is 11.3 Å². The Hall–Kier alpha value is -1.07. The minimum absolute atomic E-state index is 0.111. The molecule has 0 aliphatic rings.